The molecule has 1 aromatic carbocycles. The molecule has 0 aliphatic heterocycles. The van der Waals surface area contributed by atoms with Gasteiger partial charge >= 0.3 is 0 Å². The number of nitrogens with two attached hydrogens (primary N) is 1. The zero-order valence-corrected chi connectivity index (χ0v) is 10.1. The lowest BCUT2D eigenvalue weighted by atomic mass is 10.1. The smallest absolute Gasteiger partial charge is 0.0435 e. The summed E-state index contributed by atoms with van der Waals surface area (Å²) in [5.41, 5.74) is 7.88. The summed E-state index contributed by atoms with van der Waals surface area (Å²) in [5.74, 6) is 0. The molecule has 0 heterocycles. The maximum atomic E-state index is 5.96. The lowest BCUT2D eigenvalue weighted by Crippen LogP contribution is -2.27. The van der Waals surface area contributed by atoms with E-state index in [0.717, 1.165) is 30.1 Å². The summed E-state index contributed by atoms with van der Waals surface area (Å²) in [5, 5.41) is 4.25. The summed E-state index contributed by atoms with van der Waals surface area (Å²) in [6.07, 6.45) is 1.01. The van der Waals surface area contributed by atoms with Crippen molar-refractivity contribution in [1.82, 2.24) is 5.32 Å². The molecule has 0 amide bonds. The molecule has 1 rings (SSSR count). The van der Waals surface area contributed by atoms with Crippen LogP contribution in [-0.4, -0.2) is 12.6 Å². The maximum absolute atomic E-state index is 5.96. The van der Waals surface area contributed by atoms with Gasteiger partial charge < -0.3 is 11.1 Å². The van der Waals surface area contributed by atoms with Gasteiger partial charge in [-0.25, -0.2) is 0 Å². The highest BCUT2D eigenvalue weighted by molar-refractivity contribution is 6.31. The number of hydrogen-bond acceptors (Lipinski definition) is 2. The fraction of sp³-hybridized carbons (Fsp3) is 0.500. The summed E-state index contributed by atoms with van der Waals surface area (Å²) >= 11 is 5.96. The topological polar surface area (TPSA) is 38.0 Å². The Labute approximate surface area is 96.8 Å². The average Bonchev–Trinajstić information content (AvgIpc) is 2.20. The van der Waals surface area contributed by atoms with Crippen molar-refractivity contribution in [3.63, 3.8) is 0 Å². The van der Waals surface area contributed by atoms with Crippen molar-refractivity contribution in [3.05, 3.63) is 34.3 Å². The number of rotatable bonds is 5. The van der Waals surface area contributed by atoms with E-state index in [0.29, 0.717) is 6.04 Å². The molecule has 0 radical (unpaired) electrons. The third kappa shape index (κ3) is 4.20. The summed E-state index contributed by atoms with van der Waals surface area (Å²) in [4.78, 5) is 0. The third-order valence-corrected chi connectivity index (χ3v) is 2.90. The van der Waals surface area contributed by atoms with Crippen LogP contribution in [0.25, 0.3) is 0 Å². The number of aryl methyl sites for hydroxylation is 1. The largest absolute Gasteiger partial charge is 0.330 e. The molecule has 0 saturated carbocycles. The molecule has 0 spiro atoms. The monoisotopic (exact) mass is 226 g/mol. The first-order valence-electron chi connectivity index (χ1n) is 5.32. The SMILES string of the molecule is Cc1cc(CNC(C)CCN)ccc1Cl. The predicted molar refractivity (Wildman–Crippen MR) is 66.2 cm³/mol. The highest BCUT2D eigenvalue weighted by atomic mass is 35.5. The fourth-order valence-electron chi connectivity index (χ4n) is 1.46. The van der Waals surface area contributed by atoms with Gasteiger partial charge in [0.25, 0.3) is 0 Å². The van der Waals surface area contributed by atoms with E-state index in [9.17, 15) is 0 Å². The summed E-state index contributed by atoms with van der Waals surface area (Å²) in [6.45, 7) is 5.78. The molecule has 0 fully saturated rings. The number of nitrogens with one attached hydrogen (secondary N) is 1. The molecular weight excluding hydrogens is 208 g/mol. The number of benzene rings is 1. The number of halogens is 1. The molecule has 0 aliphatic rings. The van der Waals surface area contributed by atoms with Crippen LogP contribution in [0.4, 0.5) is 0 Å². The van der Waals surface area contributed by atoms with E-state index >= 15 is 0 Å². The molecule has 0 aromatic heterocycles. The van der Waals surface area contributed by atoms with Gasteiger partial charge in [0, 0.05) is 17.6 Å². The summed E-state index contributed by atoms with van der Waals surface area (Å²) in [7, 11) is 0. The Morgan fingerprint density at radius 3 is 2.80 bits per heavy atom. The third-order valence-electron chi connectivity index (χ3n) is 2.48. The predicted octanol–water partition coefficient (Wildman–Crippen LogP) is 2.48. The molecule has 0 bridgehead atoms. The van der Waals surface area contributed by atoms with Crippen LogP contribution in [0.5, 0.6) is 0 Å². The second-order valence-corrected chi connectivity index (χ2v) is 4.35. The van der Waals surface area contributed by atoms with Crippen LogP contribution in [0.1, 0.15) is 24.5 Å². The minimum Gasteiger partial charge on any atom is -0.330 e. The Morgan fingerprint density at radius 2 is 2.20 bits per heavy atom. The molecule has 1 unspecified atom stereocenters. The highest BCUT2D eigenvalue weighted by Crippen LogP contribution is 2.16. The van der Waals surface area contributed by atoms with E-state index in [1.807, 2.05) is 13.0 Å². The highest BCUT2D eigenvalue weighted by Gasteiger charge is 2.01. The van der Waals surface area contributed by atoms with E-state index < -0.39 is 0 Å². The summed E-state index contributed by atoms with van der Waals surface area (Å²) < 4.78 is 0. The Hall–Kier alpha value is -0.570. The second-order valence-electron chi connectivity index (χ2n) is 3.94. The molecule has 0 aliphatic carbocycles. The van der Waals surface area contributed by atoms with Crippen molar-refractivity contribution in [2.45, 2.75) is 32.9 Å². The van der Waals surface area contributed by atoms with Gasteiger partial charge in [0.2, 0.25) is 0 Å². The second kappa shape index (κ2) is 6.11. The molecular formula is C12H19ClN2. The van der Waals surface area contributed by atoms with Crippen LogP contribution in [0, 0.1) is 6.92 Å². The van der Waals surface area contributed by atoms with Crippen LogP contribution in [0.15, 0.2) is 18.2 Å². The quantitative estimate of drug-likeness (QED) is 0.810. The van der Waals surface area contributed by atoms with E-state index in [1.54, 1.807) is 0 Å². The van der Waals surface area contributed by atoms with Crippen molar-refractivity contribution in [1.29, 1.82) is 0 Å². The Morgan fingerprint density at radius 1 is 1.47 bits per heavy atom. The van der Waals surface area contributed by atoms with Crippen molar-refractivity contribution >= 4 is 11.6 Å². The first kappa shape index (κ1) is 12.5. The van der Waals surface area contributed by atoms with Gasteiger partial charge in [-0.05, 0) is 44.0 Å². The Bertz CT molecular complexity index is 312. The van der Waals surface area contributed by atoms with Gasteiger partial charge in [0.1, 0.15) is 0 Å². The van der Waals surface area contributed by atoms with E-state index in [4.69, 9.17) is 17.3 Å². The maximum Gasteiger partial charge on any atom is 0.0435 e. The molecule has 1 aromatic rings. The molecule has 84 valence electrons. The first-order valence-corrected chi connectivity index (χ1v) is 5.69. The van der Waals surface area contributed by atoms with Crippen molar-refractivity contribution in [2.24, 2.45) is 5.73 Å². The molecule has 2 nitrogen and oxygen atoms in total. The van der Waals surface area contributed by atoms with Crippen molar-refractivity contribution in [2.75, 3.05) is 6.54 Å². The van der Waals surface area contributed by atoms with Gasteiger partial charge in [-0.15, -0.1) is 0 Å². The molecule has 15 heavy (non-hydrogen) atoms. The molecule has 3 N–H and O–H groups in total. The lowest BCUT2D eigenvalue weighted by molar-refractivity contribution is 0.520. The molecule has 0 saturated heterocycles. The molecule has 3 heteroatoms. The zero-order valence-electron chi connectivity index (χ0n) is 9.39. The van der Waals surface area contributed by atoms with Crippen LogP contribution in [0.3, 0.4) is 0 Å². The van der Waals surface area contributed by atoms with Crippen LogP contribution >= 0.6 is 11.6 Å². The van der Waals surface area contributed by atoms with Gasteiger partial charge in [-0.3, -0.25) is 0 Å². The Kier molecular flexibility index (Phi) is 5.09. The van der Waals surface area contributed by atoms with Gasteiger partial charge in [-0.1, -0.05) is 23.7 Å². The number of hydrogen-bond donors (Lipinski definition) is 2. The van der Waals surface area contributed by atoms with Gasteiger partial charge in [-0.2, -0.15) is 0 Å². The fourth-order valence-corrected chi connectivity index (χ4v) is 1.58. The lowest BCUT2D eigenvalue weighted by Gasteiger charge is -2.13. The minimum atomic E-state index is 0.464. The van der Waals surface area contributed by atoms with Gasteiger partial charge in [0.05, 0.1) is 0 Å². The molecule has 1 atom stereocenters. The van der Waals surface area contributed by atoms with Crippen LogP contribution < -0.4 is 11.1 Å². The van der Waals surface area contributed by atoms with Crippen LogP contribution in [-0.2, 0) is 6.54 Å². The van der Waals surface area contributed by atoms with Crippen molar-refractivity contribution < 1.29 is 0 Å². The average molecular weight is 227 g/mol. The van der Waals surface area contributed by atoms with E-state index in [1.165, 1.54) is 5.56 Å². The van der Waals surface area contributed by atoms with Crippen LogP contribution in [0.2, 0.25) is 5.02 Å². The normalized spacial score (nSPS) is 12.8. The van der Waals surface area contributed by atoms with Gasteiger partial charge in [0.15, 0.2) is 0 Å². The standard InChI is InChI=1S/C12H19ClN2/c1-9-7-11(3-4-12(9)13)8-15-10(2)5-6-14/h3-4,7,10,15H,5-6,8,14H2,1-2H3. The van der Waals surface area contributed by atoms with E-state index in [-0.39, 0.29) is 0 Å². The van der Waals surface area contributed by atoms with Crippen molar-refractivity contribution in [3.8, 4) is 0 Å². The first-order chi connectivity index (χ1) is 7.13. The minimum absolute atomic E-state index is 0.464. The Balaban J connectivity index is 2.47. The van der Waals surface area contributed by atoms with E-state index in [2.05, 4.69) is 24.4 Å². The summed E-state index contributed by atoms with van der Waals surface area (Å²) in [6, 6.07) is 6.58. The zero-order chi connectivity index (χ0) is 11.3.